The molecule has 260 valence electrons. The Kier molecular flexibility index (Phi) is 27.4. The highest BCUT2D eigenvalue weighted by Gasteiger charge is 2.31. The van der Waals surface area contributed by atoms with Crippen molar-refractivity contribution in [2.45, 2.75) is 142 Å². The number of carboxylic acids is 1. The molecule has 1 N–H and O–H groups in total. The van der Waals surface area contributed by atoms with Gasteiger partial charge in [-0.15, -0.1) is 0 Å². The van der Waals surface area contributed by atoms with E-state index in [4.69, 9.17) is 14.2 Å². The molecule has 2 atom stereocenters. The van der Waals surface area contributed by atoms with Crippen molar-refractivity contribution in [1.29, 1.82) is 0 Å². The molecule has 2 unspecified atom stereocenters. The van der Waals surface area contributed by atoms with Gasteiger partial charge in [-0.25, -0.2) is 4.79 Å². The molecule has 0 saturated carbocycles. The van der Waals surface area contributed by atoms with Crippen molar-refractivity contribution in [3.05, 3.63) is 36.5 Å². The van der Waals surface area contributed by atoms with Gasteiger partial charge in [0.1, 0.15) is 6.61 Å². The zero-order valence-corrected chi connectivity index (χ0v) is 29.3. The topological polar surface area (TPSA) is 99.1 Å². The maximum Gasteiger partial charge on any atom is 0.362 e. The lowest BCUT2D eigenvalue weighted by molar-refractivity contribution is -0.887. The van der Waals surface area contributed by atoms with Gasteiger partial charge in [0.05, 0.1) is 34.4 Å². The van der Waals surface area contributed by atoms with Crippen molar-refractivity contribution in [2.75, 3.05) is 41.0 Å². The molecule has 0 aliphatic rings. The summed E-state index contributed by atoms with van der Waals surface area (Å²) in [4.78, 5) is 36.3. The number of carbonyl (C=O) groups excluding carboxylic acids is 2. The molecule has 0 amide bonds. The van der Waals surface area contributed by atoms with Crippen LogP contribution in [0.25, 0.3) is 0 Å². The fraction of sp³-hybridized carbons (Fsp3) is 0.757. The standard InChI is InChI=1S/C37H65NO7/c1-6-8-10-12-13-14-15-16-17-18-19-20-21-22-23-24-26-28-36(40)45-33(32-44-35(39)27-25-11-9-7-2)31-43-30-29-34(37(41)42)38(3,4)5/h8,10,13-14,16-17,33-34H,6-7,9,11-12,15,18-32H2,1-5H3/p+1/b10-8-,14-13-,17-16-. The second-order valence-corrected chi connectivity index (χ2v) is 12.7. The van der Waals surface area contributed by atoms with Crippen molar-refractivity contribution in [2.24, 2.45) is 0 Å². The number of allylic oxidation sites excluding steroid dienone is 6. The highest BCUT2D eigenvalue weighted by Crippen LogP contribution is 2.13. The molecule has 0 rings (SSSR count). The van der Waals surface area contributed by atoms with E-state index in [1.165, 1.54) is 25.7 Å². The summed E-state index contributed by atoms with van der Waals surface area (Å²) in [5, 5.41) is 9.52. The Morgan fingerprint density at radius 3 is 1.84 bits per heavy atom. The number of nitrogens with zero attached hydrogens (tertiary/aromatic N) is 1. The summed E-state index contributed by atoms with van der Waals surface area (Å²) in [5.74, 6) is -1.51. The highest BCUT2D eigenvalue weighted by molar-refractivity contribution is 5.72. The number of quaternary nitrogens is 1. The molecule has 0 bridgehead atoms. The number of ether oxygens (including phenoxy) is 3. The minimum Gasteiger partial charge on any atom is -0.477 e. The van der Waals surface area contributed by atoms with Gasteiger partial charge >= 0.3 is 17.9 Å². The number of hydrogen-bond donors (Lipinski definition) is 1. The van der Waals surface area contributed by atoms with Gasteiger partial charge in [-0.3, -0.25) is 9.59 Å². The van der Waals surface area contributed by atoms with Crippen LogP contribution in [-0.4, -0.2) is 80.6 Å². The molecule has 0 spiro atoms. The van der Waals surface area contributed by atoms with Crippen LogP contribution in [0, 0.1) is 0 Å². The van der Waals surface area contributed by atoms with Crippen LogP contribution in [-0.2, 0) is 28.6 Å². The minimum absolute atomic E-state index is 0.0564. The fourth-order valence-corrected chi connectivity index (χ4v) is 4.81. The van der Waals surface area contributed by atoms with E-state index >= 15 is 0 Å². The first-order valence-electron chi connectivity index (χ1n) is 17.5. The number of carbonyl (C=O) groups is 3. The van der Waals surface area contributed by atoms with Gasteiger partial charge in [0.25, 0.3) is 0 Å². The Labute approximate surface area is 274 Å². The smallest absolute Gasteiger partial charge is 0.362 e. The van der Waals surface area contributed by atoms with Gasteiger partial charge < -0.3 is 23.8 Å². The van der Waals surface area contributed by atoms with E-state index in [-0.39, 0.29) is 36.2 Å². The van der Waals surface area contributed by atoms with E-state index in [1.54, 1.807) is 0 Å². The molecule has 0 aliphatic carbocycles. The number of aliphatic carboxylic acids is 1. The second kappa shape index (κ2) is 29.0. The summed E-state index contributed by atoms with van der Waals surface area (Å²) < 4.78 is 17.0. The number of hydrogen-bond acceptors (Lipinski definition) is 6. The van der Waals surface area contributed by atoms with Crippen LogP contribution in [0.2, 0.25) is 0 Å². The molecule has 0 aromatic heterocycles. The van der Waals surface area contributed by atoms with E-state index in [1.807, 2.05) is 21.1 Å². The van der Waals surface area contributed by atoms with Gasteiger partial charge in [0.2, 0.25) is 0 Å². The quantitative estimate of drug-likeness (QED) is 0.0366. The Morgan fingerprint density at radius 2 is 1.24 bits per heavy atom. The van der Waals surface area contributed by atoms with Gasteiger partial charge in [-0.1, -0.05) is 102 Å². The lowest BCUT2D eigenvalue weighted by atomic mass is 10.1. The predicted octanol–water partition coefficient (Wildman–Crippen LogP) is 8.35. The number of rotatable bonds is 30. The summed E-state index contributed by atoms with van der Waals surface area (Å²) in [5.41, 5.74) is 0. The SMILES string of the molecule is CC/C=C\C/C=C\C/C=C\CCCCCCCCCC(=O)OC(COCCC(C(=O)O)[N+](C)(C)C)COC(=O)CCCCCC. The molecule has 0 heterocycles. The molecule has 45 heavy (non-hydrogen) atoms. The maximum atomic E-state index is 12.6. The molecule has 0 saturated heterocycles. The zero-order chi connectivity index (χ0) is 33.6. The summed E-state index contributed by atoms with van der Waals surface area (Å²) in [6, 6.07) is -0.612. The Balaban J connectivity index is 4.30. The largest absolute Gasteiger partial charge is 0.477 e. The number of carboxylic acid groups (broad SMARTS) is 1. The lowest BCUT2D eigenvalue weighted by Gasteiger charge is -2.31. The van der Waals surface area contributed by atoms with E-state index in [0.29, 0.717) is 19.3 Å². The minimum atomic E-state index is -0.881. The lowest BCUT2D eigenvalue weighted by Crippen LogP contribution is -2.50. The molecule has 0 aromatic rings. The Morgan fingerprint density at radius 1 is 0.689 bits per heavy atom. The van der Waals surface area contributed by atoms with Crippen LogP contribution < -0.4 is 0 Å². The number of unbranched alkanes of at least 4 members (excludes halogenated alkanes) is 10. The van der Waals surface area contributed by atoms with Crippen molar-refractivity contribution >= 4 is 17.9 Å². The highest BCUT2D eigenvalue weighted by atomic mass is 16.6. The molecule has 0 aromatic carbocycles. The van der Waals surface area contributed by atoms with Crippen molar-refractivity contribution in [3.63, 3.8) is 0 Å². The van der Waals surface area contributed by atoms with E-state index in [9.17, 15) is 19.5 Å². The zero-order valence-electron chi connectivity index (χ0n) is 29.3. The number of likely N-dealkylation sites (N-methyl/N-ethyl adjacent to an activating group) is 1. The average Bonchev–Trinajstić information content (AvgIpc) is 2.98. The third-order valence-electron chi connectivity index (χ3n) is 7.55. The van der Waals surface area contributed by atoms with E-state index in [2.05, 4.69) is 50.3 Å². The van der Waals surface area contributed by atoms with Crippen molar-refractivity contribution in [1.82, 2.24) is 0 Å². The van der Waals surface area contributed by atoms with E-state index in [0.717, 1.165) is 70.6 Å². The van der Waals surface area contributed by atoms with Gasteiger partial charge in [0.15, 0.2) is 12.1 Å². The summed E-state index contributed by atoms with van der Waals surface area (Å²) in [6.07, 6.45) is 29.5. The molecule has 0 aliphatic heterocycles. The van der Waals surface area contributed by atoms with Crippen LogP contribution in [0.4, 0.5) is 0 Å². The number of esters is 2. The third kappa shape index (κ3) is 27.6. The van der Waals surface area contributed by atoms with Crippen LogP contribution >= 0.6 is 0 Å². The first-order chi connectivity index (χ1) is 21.6. The fourth-order valence-electron chi connectivity index (χ4n) is 4.81. The molecule has 8 heteroatoms. The second-order valence-electron chi connectivity index (χ2n) is 12.7. The van der Waals surface area contributed by atoms with Gasteiger partial charge in [-0.2, -0.15) is 0 Å². The summed E-state index contributed by atoms with van der Waals surface area (Å²) >= 11 is 0. The van der Waals surface area contributed by atoms with Gasteiger partial charge in [0, 0.05) is 19.3 Å². The van der Waals surface area contributed by atoms with E-state index < -0.39 is 18.1 Å². The first kappa shape index (κ1) is 42.6. The molecule has 8 nitrogen and oxygen atoms in total. The Hall–Kier alpha value is -2.45. The predicted molar refractivity (Wildman–Crippen MR) is 183 cm³/mol. The van der Waals surface area contributed by atoms with Crippen LogP contribution in [0.15, 0.2) is 36.5 Å². The third-order valence-corrected chi connectivity index (χ3v) is 7.55. The van der Waals surface area contributed by atoms with Crippen LogP contribution in [0.3, 0.4) is 0 Å². The molecular weight excluding hydrogens is 570 g/mol. The Bertz CT molecular complexity index is 844. The summed E-state index contributed by atoms with van der Waals surface area (Å²) in [7, 11) is 5.49. The first-order valence-corrected chi connectivity index (χ1v) is 17.5. The normalized spacial score (nSPS) is 13.5. The molecule has 0 radical (unpaired) electrons. The van der Waals surface area contributed by atoms with Crippen LogP contribution in [0.1, 0.15) is 129 Å². The van der Waals surface area contributed by atoms with Crippen molar-refractivity contribution in [3.8, 4) is 0 Å². The van der Waals surface area contributed by atoms with Gasteiger partial charge in [-0.05, 0) is 44.9 Å². The molecule has 0 fully saturated rings. The molecular formula is C37H66NO7+. The maximum absolute atomic E-state index is 12.6. The monoisotopic (exact) mass is 636 g/mol. The van der Waals surface area contributed by atoms with Crippen molar-refractivity contribution < 1.29 is 38.2 Å². The average molecular weight is 637 g/mol. The van der Waals surface area contributed by atoms with Crippen LogP contribution in [0.5, 0.6) is 0 Å². The summed E-state index contributed by atoms with van der Waals surface area (Å²) in [6.45, 7) is 4.47.